The molecule has 80 heavy (non-hydrogen) atoms. The molecule has 0 N–H and O–H groups in total. The summed E-state index contributed by atoms with van der Waals surface area (Å²) in [4.78, 5) is 12.0. The van der Waals surface area contributed by atoms with Crippen LogP contribution in [0.4, 0.5) is 39.9 Å². The minimum atomic E-state index is -2.97. The molecule has 13 rings (SSSR count). The number of aryl methyl sites for hydroxylation is 2. The molecule has 10 aromatic rings. The van der Waals surface area contributed by atoms with Gasteiger partial charge in [-0.25, -0.2) is 4.98 Å². The predicted molar refractivity (Wildman–Crippen MR) is 340 cm³/mol. The summed E-state index contributed by atoms with van der Waals surface area (Å²) in [5.41, 5.74) is 16.4. The van der Waals surface area contributed by atoms with Crippen molar-refractivity contribution in [2.45, 2.75) is 92.4 Å². The Morgan fingerprint density at radius 3 is 1.68 bits per heavy atom. The highest BCUT2D eigenvalue weighted by molar-refractivity contribution is 7.23. The molecule has 0 radical (unpaired) electrons. The van der Waals surface area contributed by atoms with Crippen LogP contribution in [0.25, 0.3) is 33.4 Å². The first-order chi connectivity index (χ1) is 40.4. The number of aromatic nitrogens is 1. The molecule has 0 bridgehead atoms. The Kier molecular flexibility index (Phi) is 10.7. The minimum absolute atomic E-state index is 0.114. The van der Waals surface area contributed by atoms with Crippen LogP contribution in [0, 0.1) is 13.8 Å². The lowest BCUT2D eigenvalue weighted by Crippen LogP contribution is -2.75. The summed E-state index contributed by atoms with van der Waals surface area (Å²) in [6.45, 7) is 24.9. The number of pyridine rings is 1. The molecule has 396 valence electrons. The van der Waals surface area contributed by atoms with E-state index in [-0.39, 0.29) is 46.0 Å². The summed E-state index contributed by atoms with van der Waals surface area (Å²) < 4.78 is 52.1. The maximum atomic E-state index is 9.35. The van der Waals surface area contributed by atoms with E-state index in [2.05, 4.69) is 230 Å². The van der Waals surface area contributed by atoms with Crippen LogP contribution in [-0.4, -0.2) is 19.7 Å². The van der Waals surface area contributed by atoms with Crippen LogP contribution in [0.1, 0.15) is 97.0 Å². The Morgan fingerprint density at radius 1 is 0.450 bits per heavy atom. The van der Waals surface area contributed by atoms with Gasteiger partial charge in [-0.2, -0.15) is 0 Å². The molecule has 6 heteroatoms. The Morgan fingerprint density at radius 2 is 1.02 bits per heavy atom. The van der Waals surface area contributed by atoms with E-state index in [9.17, 15) is 2.74 Å². The van der Waals surface area contributed by atoms with E-state index >= 15 is 0 Å². The molecular formula is C74H70N4OSi. The third-order valence-corrected chi connectivity index (χ3v) is 21.5. The van der Waals surface area contributed by atoms with E-state index in [1.807, 2.05) is 42.6 Å². The first kappa shape index (κ1) is 45.4. The van der Waals surface area contributed by atoms with E-state index in [4.69, 9.17) is 13.8 Å². The summed E-state index contributed by atoms with van der Waals surface area (Å²) in [6.07, 6.45) is 1.94. The van der Waals surface area contributed by atoms with Gasteiger partial charge in [0.1, 0.15) is 24.0 Å². The lowest BCUT2D eigenvalue weighted by Gasteiger charge is -2.43. The van der Waals surface area contributed by atoms with Crippen molar-refractivity contribution in [3.63, 3.8) is 0 Å². The van der Waals surface area contributed by atoms with E-state index in [0.29, 0.717) is 23.7 Å². The van der Waals surface area contributed by atoms with E-state index in [1.165, 1.54) is 59.7 Å². The maximum absolute atomic E-state index is 9.35. The molecule has 5 nitrogen and oxygen atoms in total. The van der Waals surface area contributed by atoms with Crippen LogP contribution in [0.3, 0.4) is 0 Å². The minimum Gasteiger partial charge on any atom is -0.457 e. The number of para-hydroxylation sites is 4. The predicted octanol–water partition coefficient (Wildman–Crippen LogP) is 17.1. The zero-order chi connectivity index (χ0) is 59.8. The third-order valence-electron chi connectivity index (χ3n) is 16.6. The van der Waals surface area contributed by atoms with Gasteiger partial charge in [0.2, 0.25) is 0 Å². The second kappa shape index (κ2) is 18.8. The molecule has 0 fully saturated rings. The quantitative estimate of drug-likeness (QED) is 0.149. The normalized spacial score (nSPS) is 15.0. The van der Waals surface area contributed by atoms with Gasteiger partial charge in [0, 0.05) is 40.8 Å². The molecule has 3 aliphatic rings. The fraction of sp³-hybridized carbons (Fsp3) is 0.203. The molecule has 1 aromatic heterocycles. The summed E-state index contributed by atoms with van der Waals surface area (Å²) in [7, 11) is -2.97. The molecule has 0 unspecified atom stereocenters. The van der Waals surface area contributed by atoms with Gasteiger partial charge < -0.3 is 14.5 Å². The number of nitrogens with zero attached hydrogens (tertiary/aromatic N) is 4. The van der Waals surface area contributed by atoms with Gasteiger partial charge in [-0.1, -0.05) is 219 Å². The van der Waals surface area contributed by atoms with E-state index in [1.54, 1.807) is 0 Å². The van der Waals surface area contributed by atoms with E-state index in [0.717, 1.165) is 51.1 Å². The van der Waals surface area contributed by atoms with Crippen molar-refractivity contribution in [2.75, 3.05) is 21.4 Å². The monoisotopic (exact) mass is 1060 g/mol. The summed E-state index contributed by atoms with van der Waals surface area (Å²) in [5.74, 6) is 2.20. The second-order valence-corrected chi connectivity index (χ2v) is 28.8. The molecule has 0 saturated carbocycles. The van der Waals surface area contributed by atoms with Gasteiger partial charge >= 0.3 is 0 Å². The zero-order valence-electron chi connectivity index (χ0n) is 52.7. The molecule has 9 aromatic carbocycles. The Hall–Kier alpha value is -8.45. The number of rotatable bonds is 7. The van der Waals surface area contributed by atoms with Crippen molar-refractivity contribution >= 4 is 68.8 Å². The topological polar surface area (TPSA) is 31.8 Å². The largest absolute Gasteiger partial charge is 0.457 e. The fourth-order valence-corrected chi connectivity index (χ4v) is 18.2. The standard InChI is InChI=1S/C74H70N4OSi/c1-48-31-34-60-61-35-32-49(2)40-69(61)80(68(60)39-48)66-30-18-17-29-64(66)78(70-44-52(37-38-75-70)72(3,4)5)65-46-57(33-36-67(65)80)79-56-24-19-23-55(45-56)76-47-77(63-28-16-15-27-62(63)76)71-58(50-21-13-12-14-22-50)25-20-26-59(71)51-41-53(73(6,7)8)43-54(42-51)74(9,10)11/h12-46H,47H2,1-11H3/i12D,13D,14D,21D,22D. The summed E-state index contributed by atoms with van der Waals surface area (Å²) in [6, 6.07) is 61.8. The number of benzene rings is 9. The van der Waals surface area contributed by atoms with Gasteiger partial charge in [0.05, 0.1) is 29.6 Å². The van der Waals surface area contributed by atoms with Gasteiger partial charge in [0.25, 0.3) is 0 Å². The maximum Gasteiger partial charge on any atom is 0.185 e. The Bertz CT molecular complexity index is 4290. The number of hydrogen-bond donors (Lipinski definition) is 0. The van der Waals surface area contributed by atoms with Crippen LogP contribution in [0.15, 0.2) is 212 Å². The molecule has 0 saturated heterocycles. The van der Waals surface area contributed by atoms with Gasteiger partial charge in [-0.15, -0.1) is 0 Å². The number of hydrogen-bond acceptors (Lipinski definition) is 5. The van der Waals surface area contributed by atoms with Gasteiger partial charge in [-0.3, -0.25) is 4.90 Å². The average Bonchev–Trinajstić information content (AvgIpc) is 1.61. The highest BCUT2D eigenvalue weighted by Crippen LogP contribution is 2.52. The smallest absolute Gasteiger partial charge is 0.185 e. The molecule has 4 heterocycles. The van der Waals surface area contributed by atoms with Crippen molar-refractivity contribution < 1.29 is 11.6 Å². The molecular weight excluding hydrogens is 989 g/mol. The van der Waals surface area contributed by atoms with Gasteiger partial charge in [-0.05, 0) is 138 Å². The third kappa shape index (κ3) is 8.46. The van der Waals surface area contributed by atoms with Crippen LogP contribution in [0.5, 0.6) is 11.5 Å². The van der Waals surface area contributed by atoms with Crippen molar-refractivity contribution in [3.8, 4) is 44.9 Å². The molecule has 0 aliphatic carbocycles. The zero-order valence-corrected chi connectivity index (χ0v) is 48.7. The SMILES string of the molecule is [2H]c1c([2H])c([2H])c(-c2cccc(-c3cc(C(C)(C)C)cc(C(C)(C)C)c3)c2N2CN(c3cccc(Oc4ccc5c(c4)N(c4cc(C(C)(C)C)ccn4)c4ccccc4[Si]54c5cc(C)ccc5-c5ccc(C)cc54)c3)c3ccccc32)c([2H])c1[2H]. The highest BCUT2D eigenvalue weighted by Gasteiger charge is 2.54. The number of ether oxygens (including phenoxy) is 1. The van der Waals surface area contributed by atoms with Crippen LogP contribution in [0.2, 0.25) is 0 Å². The lowest BCUT2D eigenvalue weighted by atomic mass is 9.78. The molecule has 1 spiro atoms. The number of fused-ring (bicyclic) bond motifs is 10. The Balaban J connectivity index is 0.956. The van der Waals surface area contributed by atoms with Crippen molar-refractivity contribution in [3.05, 3.63) is 240 Å². The molecule has 0 atom stereocenters. The summed E-state index contributed by atoms with van der Waals surface area (Å²) in [5, 5.41) is 5.41. The van der Waals surface area contributed by atoms with Crippen molar-refractivity contribution in [2.24, 2.45) is 0 Å². The average molecular weight is 1060 g/mol. The van der Waals surface area contributed by atoms with Gasteiger partial charge in [0.15, 0.2) is 8.07 Å². The first-order valence-corrected chi connectivity index (χ1v) is 30.0. The van der Waals surface area contributed by atoms with E-state index < -0.39 is 14.1 Å². The van der Waals surface area contributed by atoms with Crippen LogP contribution < -0.4 is 40.2 Å². The Labute approximate surface area is 481 Å². The first-order valence-electron chi connectivity index (χ1n) is 30.5. The highest BCUT2D eigenvalue weighted by atomic mass is 28.3. The van der Waals surface area contributed by atoms with Crippen LogP contribution >= 0.6 is 0 Å². The van der Waals surface area contributed by atoms with Crippen molar-refractivity contribution in [1.29, 1.82) is 0 Å². The molecule has 3 aliphatic heterocycles. The summed E-state index contributed by atoms with van der Waals surface area (Å²) >= 11 is 0. The molecule has 0 amide bonds. The fourth-order valence-electron chi connectivity index (χ4n) is 12.5. The second-order valence-electron chi connectivity index (χ2n) is 25.1. The number of anilines is 7. The lowest BCUT2D eigenvalue weighted by molar-refractivity contribution is 0.483. The van der Waals surface area contributed by atoms with Crippen LogP contribution in [-0.2, 0) is 16.2 Å². The van der Waals surface area contributed by atoms with Crippen molar-refractivity contribution in [1.82, 2.24) is 4.98 Å².